The van der Waals surface area contributed by atoms with Gasteiger partial charge in [0.25, 0.3) is 0 Å². The van der Waals surface area contributed by atoms with Gasteiger partial charge in [-0.25, -0.2) is 0 Å². The summed E-state index contributed by atoms with van der Waals surface area (Å²) in [6, 6.07) is 0. The van der Waals surface area contributed by atoms with Gasteiger partial charge < -0.3 is 10.2 Å². The number of rotatable bonds is 3. The Balaban J connectivity index is 1.74. The van der Waals surface area contributed by atoms with Gasteiger partial charge in [-0.3, -0.25) is 0 Å². The van der Waals surface area contributed by atoms with Crippen LogP contribution in [0.1, 0.15) is 52.4 Å². The maximum absolute atomic E-state index is 3.48. The summed E-state index contributed by atoms with van der Waals surface area (Å²) in [6.45, 7) is 8.75. The molecule has 2 nitrogen and oxygen atoms in total. The molecule has 1 aliphatic carbocycles. The highest BCUT2D eigenvalue weighted by atomic mass is 15.1. The highest BCUT2D eigenvalue weighted by Gasteiger charge is 2.29. The van der Waals surface area contributed by atoms with Crippen LogP contribution in [0.15, 0.2) is 0 Å². The Kier molecular flexibility index (Phi) is 4.48. The topological polar surface area (TPSA) is 15.3 Å². The highest BCUT2D eigenvalue weighted by molar-refractivity contribution is 4.89. The van der Waals surface area contributed by atoms with Crippen LogP contribution in [-0.2, 0) is 0 Å². The fourth-order valence-corrected chi connectivity index (χ4v) is 3.57. The second-order valence-corrected chi connectivity index (χ2v) is 6.75. The molecule has 2 aliphatic rings. The Morgan fingerprint density at radius 1 is 1.24 bits per heavy atom. The molecule has 0 aromatic rings. The summed E-state index contributed by atoms with van der Waals surface area (Å²) in [5.74, 6) is 1.96. The molecule has 0 bridgehead atoms. The fourth-order valence-electron chi connectivity index (χ4n) is 3.57. The number of likely N-dealkylation sites (tertiary alicyclic amines) is 1. The Morgan fingerprint density at radius 2 is 1.94 bits per heavy atom. The van der Waals surface area contributed by atoms with E-state index in [4.69, 9.17) is 0 Å². The summed E-state index contributed by atoms with van der Waals surface area (Å²) in [5.41, 5.74) is 0.399. The SMILES string of the molecule is CNC1(C)CCN(CC2CCCC(C)C2)CC1. The van der Waals surface area contributed by atoms with E-state index >= 15 is 0 Å². The van der Waals surface area contributed by atoms with Crippen molar-refractivity contribution in [2.24, 2.45) is 11.8 Å². The lowest BCUT2D eigenvalue weighted by molar-refractivity contribution is 0.116. The minimum atomic E-state index is 0.399. The average molecular weight is 238 g/mol. The van der Waals surface area contributed by atoms with Crippen molar-refractivity contribution in [1.29, 1.82) is 0 Å². The third-order valence-corrected chi connectivity index (χ3v) is 5.12. The molecule has 1 heterocycles. The third-order valence-electron chi connectivity index (χ3n) is 5.12. The Morgan fingerprint density at radius 3 is 2.53 bits per heavy atom. The maximum atomic E-state index is 3.48. The largest absolute Gasteiger partial charge is 0.314 e. The quantitative estimate of drug-likeness (QED) is 0.813. The van der Waals surface area contributed by atoms with Gasteiger partial charge in [0, 0.05) is 12.1 Å². The number of nitrogens with one attached hydrogen (secondary N) is 1. The van der Waals surface area contributed by atoms with E-state index in [2.05, 4.69) is 31.1 Å². The molecule has 2 rings (SSSR count). The molecule has 0 radical (unpaired) electrons. The van der Waals surface area contributed by atoms with E-state index < -0.39 is 0 Å². The lowest BCUT2D eigenvalue weighted by Gasteiger charge is -2.41. The molecule has 2 unspecified atom stereocenters. The van der Waals surface area contributed by atoms with Crippen molar-refractivity contribution >= 4 is 0 Å². The van der Waals surface area contributed by atoms with Crippen molar-refractivity contribution in [2.75, 3.05) is 26.7 Å². The summed E-state index contributed by atoms with van der Waals surface area (Å²) >= 11 is 0. The van der Waals surface area contributed by atoms with Crippen LogP contribution in [0, 0.1) is 11.8 Å². The van der Waals surface area contributed by atoms with Gasteiger partial charge in [-0.1, -0.05) is 19.8 Å². The highest BCUT2D eigenvalue weighted by Crippen LogP contribution is 2.30. The van der Waals surface area contributed by atoms with Gasteiger partial charge in [-0.2, -0.15) is 0 Å². The zero-order valence-corrected chi connectivity index (χ0v) is 12.0. The van der Waals surface area contributed by atoms with Crippen LogP contribution in [0.25, 0.3) is 0 Å². The first-order chi connectivity index (χ1) is 8.11. The molecule has 2 heteroatoms. The first-order valence-electron chi connectivity index (χ1n) is 7.52. The fraction of sp³-hybridized carbons (Fsp3) is 1.00. The van der Waals surface area contributed by atoms with Crippen molar-refractivity contribution in [1.82, 2.24) is 10.2 Å². The molecule has 0 aromatic heterocycles. The molecule has 0 amide bonds. The summed E-state index contributed by atoms with van der Waals surface area (Å²) in [6.07, 6.45) is 8.50. The molecule has 100 valence electrons. The average Bonchev–Trinajstić information content (AvgIpc) is 2.33. The van der Waals surface area contributed by atoms with Crippen LogP contribution in [-0.4, -0.2) is 37.1 Å². The first-order valence-corrected chi connectivity index (χ1v) is 7.52. The van der Waals surface area contributed by atoms with Crippen LogP contribution in [0.4, 0.5) is 0 Å². The van der Waals surface area contributed by atoms with E-state index in [9.17, 15) is 0 Å². The minimum Gasteiger partial charge on any atom is -0.314 e. The third kappa shape index (κ3) is 3.69. The zero-order chi connectivity index (χ0) is 12.3. The van der Waals surface area contributed by atoms with Crippen molar-refractivity contribution < 1.29 is 0 Å². The van der Waals surface area contributed by atoms with Gasteiger partial charge in [-0.15, -0.1) is 0 Å². The number of hydrogen-bond acceptors (Lipinski definition) is 2. The van der Waals surface area contributed by atoms with Gasteiger partial charge >= 0.3 is 0 Å². The van der Waals surface area contributed by atoms with E-state index in [1.54, 1.807) is 0 Å². The first kappa shape index (κ1) is 13.4. The molecule has 0 aromatic carbocycles. The second kappa shape index (κ2) is 5.71. The zero-order valence-electron chi connectivity index (χ0n) is 12.0. The monoisotopic (exact) mass is 238 g/mol. The second-order valence-electron chi connectivity index (χ2n) is 6.75. The van der Waals surface area contributed by atoms with E-state index in [0.29, 0.717) is 5.54 Å². The van der Waals surface area contributed by atoms with Gasteiger partial charge in [0.2, 0.25) is 0 Å². The lowest BCUT2D eigenvalue weighted by Crippen LogP contribution is -2.50. The molecule has 17 heavy (non-hydrogen) atoms. The van der Waals surface area contributed by atoms with E-state index in [0.717, 1.165) is 11.8 Å². The predicted octanol–water partition coefficient (Wildman–Crippen LogP) is 2.89. The van der Waals surface area contributed by atoms with Gasteiger partial charge in [-0.05, 0) is 64.6 Å². The molecule has 1 saturated carbocycles. The summed E-state index contributed by atoms with van der Waals surface area (Å²) in [5, 5.41) is 3.48. The number of hydrogen-bond donors (Lipinski definition) is 1. The van der Waals surface area contributed by atoms with Crippen LogP contribution in [0.3, 0.4) is 0 Å². The standard InChI is InChI=1S/C15H30N2/c1-13-5-4-6-14(11-13)12-17-9-7-15(2,16-3)8-10-17/h13-14,16H,4-12H2,1-3H3. The molecular weight excluding hydrogens is 208 g/mol. The van der Waals surface area contributed by atoms with Gasteiger partial charge in [0.15, 0.2) is 0 Å². The normalized spacial score (nSPS) is 34.8. The van der Waals surface area contributed by atoms with Gasteiger partial charge in [0.05, 0.1) is 0 Å². The Labute approximate surface area is 107 Å². The van der Waals surface area contributed by atoms with Crippen molar-refractivity contribution in [2.45, 2.75) is 57.9 Å². The Bertz CT molecular complexity index is 231. The molecular formula is C15H30N2. The van der Waals surface area contributed by atoms with Crippen molar-refractivity contribution in [3.63, 3.8) is 0 Å². The van der Waals surface area contributed by atoms with Crippen LogP contribution in [0.5, 0.6) is 0 Å². The number of piperidine rings is 1. The molecule has 1 N–H and O–H groups in total. The maximum Gasteiger partial charge on any atom is 0.0174 e. The smallest absolute Gasteiger partial charge is 0.0174 e. The van der Waals surface area contributed by atoms with Crippen LogP contribution in [0.2, 0.25) is 0 Å². The predicted molar refractivity (Wildman–Crippen MR) is 74.3 cm³/mol. The number of nitrogens with zero attached hydrogens (tertiary/aromatic N) is 1. The molecule has 1 saturated heterocycles. The van der Waals surface area contributed by atoms with Crippen molar-refractivity contribution in [3.8, 4) is 0 Å². The van der Waals surface area contributed by atoms with Gasteiger partial charge in [0.1, 0.15) is 0 Å². The molecule has 1 aliphatic heterocycles. The van der Waals surface area contributed by atoms with E-state index in [1.807, 2.05) is 0 Å². The molecule has 0 spiro atoms. The summed E-state index contributed by atoms with van der Waals surface area (Å²) < 4.78 is 0. The van der Waals surface area contributed by atoms with Crippen molar-refractivity contribution in [3.05, 3.63) is 0 Å². The summed E-state index contributed by atoms with van der Waals surface area (Å²) in [4.78, 5) is 2.71. The summed E-state index contributed by atoms with van der Waals surface area (Å²) in [7, 11) is 2.11. The molecule has 2 fully saturated rings. The van der Waals surface area contributed by atoms with Crippen LogP contribution < -0.4 is 5.32 Å². The lowest BCUT2D eigenvalue weighted by atomic mass is 9.81. The minimum absolute atomic E-state index is 0.399. The Hall–Kier alpha value is -0.0800. The van der Waals surface area contributed by atoms with Crippen LogP contribution >= 0.6 is 0 Å². The molecule has 2 atom stereocenters. The van der Waals surface area contributed by atoms with E-state index in [1.165, 1.54) is 58.2 Å². The van der Waals surface area contributed by atoms with E-state index in [-0.39, 0.29) is 0 Å².